The number of ether oxygens (including phenoxy) is 1. The number of esters is 1. The first-order valence-electron chi connectivity index (χ1n) is 13.9. The van der Waals surface area contributed by atoms with E-state index >= 15 is 0 Å². The summed E-state index contributed by atoms with van der Waals surface area (Å²) < 4.78 is 5.61. The highest BCUT2D eigenvalue weighted by Crippen LogP contribution is 2.67. The van der Waals surface area contributed by atoms with Gasteiger partial charge in [0.05, 0.1) is 6.10 Å². The van der Waals surface area contributed by atoms with Gasteiger partial charge in [0, 0.05) is 13.3 Å². The zero-order valence-corrected chi connectivity index (χ0v) is 22.5. The lowest BCUT2D eigenvalue weighted by Crippen LogP contribution is -2.51. The van der Waals surface area contributed by atoms with Crippen molar-refractivity contribution in [2.24, 2.45) is 45.8 Å². The van der Waals surface area contributed by atoms with Gasteiger partial charge in [-0.05, 0) is 104 Å². The molecule has 4 aliphatic rings. The first-order chi connectivity index (χ1) is 15.3. The normalized spacial score (nSPS) is 42.4. The second-order valence-corrected chi connectivity index (χ2v) is 14.0. The van der Waals surface area contributed by atoms with Crippen molar-refractivity contribution in [1.82, 2.24) is 0 Å². The van der Waals surface area contributed by atoms with Gasteiger partial charge in [0.25, 0.3) is 0 Å². The monoisotopic (exact) mass is 458 g/mol. The lowest BCUT2D eigenvalue weighted by atomic mass is 9.47. The summed E-state index contributed by atoms with van der Waals surface area (Å²) in [6.45, 7) is 15.8. The van der Waals surface area contributed by atoms with Crippen LogP contribution in [0.15, 0.2) is 11.6 Å². The molecule has 0 saturated heterocycles. The summed E-state index contributed by atoms with van der Waals surface area (Å²) in [6, 6.07) is 0. The molecule has 3 nitrogen and oxygen atoms in total. The van der Waals surface area contributed by atoms with E-state index in [9.17, 15) is 9.90 Å². The molecule has 0 aromatic heterocycles. The fourth-order valence-corrected chi connectivity index (χ4v) is 8.98. The molecule has 33 heavy (non-hydrogen) atoms. The number of allylic oxidation sites excluding steroid dienone is 1. The third kappa shape index (κ3) is 4.69. The average molecular weight is 459 g/mol. The third-order valence-electron chi connectivity index (χ3n) is 10.9. The maximum atomic E-state index is 11.5. The van der Waals surface area contributed by atoms with E-state index in [2.05, 4.69) is 47.6 Å². The summed E-state index contributed by atoms with van der Waals surface area (Å²) in [6.07, 6.45) is 14.1. The second kappa shape index (κ2) is 8.99. The van der Waals surface area contributed by atoms with Crippen LogP contribution in [-0.2, 0) is 9.53 Å². The Balaban J connectivity index is 1.48. The van der Waals surface area contributed by atoms with Crippen LogP contribution in [0.2, 0.25) is 0 Å². The molecule has 4 aliphatic carbocycles. The number of hydrogen-bond donors (Lipinski definition) is 1. The maximum Gasteiger partial charge on any atom is 0.302 e. The van der Waals surface area contributed by atoms with E-state index in [0.717, 1.165) is 49.9 Å². The van der Waals surface area contributed by atoms with Crippen LogP contribution < -0.4 is 0 Å². The van der Waals surface area contributed by atoms with Crippen molar-refractivity contribution < 1.29 is 14.6 Å². The highest BCUT2D eigenvalue weighted by atomic mass is 16.5. The molecule has 0 radical (unpaired) electrons. The highest BCUT2D eigenvalue weighted by molar-refractivity contribution is 5.66. The molecule has 0 bridgehead atoms. The van der Waals surface area contributed by atoms with Crippen LogP contribution in [0.3, 0.4) is 0 Å². The summed E-state index contributed by atoms with van der Waals surface area (Å²) >= 11 is 0. The molecule has 3 heteroatoms. The zero-order chi connectivity index (χ0) is 24.2. The van der Waals surface area contributed by atoms with Crippen LogP contribution >= 0.6 is 0 Å². The van der Waals surface area contributed by atoms with Crippen molar-refractivity contribution in [3.05, 3.63) is 11.6 Å². The fourth-order valence-electron chi connectivity index (χ4n) is 8.98. The van der Waals surface area contributed by atoms with Gasteiger partial charge < -0.3 is 9.84 Å². The number of hydrogen-bond acceptors (Lipinski definition) is 3. The molecular weight excluding hydrogens is 408 g/mol. The maximum absolute atomic E-state index is 11.5. The van der Waals surface area contributed by atoms with Gasteiger partial charge in [0.2, 0.25) is 0 Å². The molecule has 3 saturated carbocycles. The van der Waals surface area contributed by atoms with E-state index in [1.54, 1.807) is 12.5 Å². The molecule has 0 aromatic carbocycles. The summed E-state index contributed by atoms with van der Waals surface area (Å²) in [7, 11) is 0. The predicted molar refractivity (Wildman–Crippen MR) is 135 cm³/mol. The zero-order valence-electron chi connectivity index (χ0n) is 22.5. The van der Waals surface area contributed by atoms with Crippen LogP contribution in [0.25, 0.3) is 0 Å². The Labute approximate surface area is 203 Å². The molecule has 3 fully saturated rings. The van der Waals surface area contributed by atoms with E-state index in [4.69, 9.17) is 4.74 Å². The lowest BCUT2D eigenvalue weighted by molar-refractivity contribution is -0.148. The molecule has 188 valence electrons. The van der Waals surface area contributed by atoms with Crippen LogP contribution in [0.1, 0.15) is 113 Å². The minimum absolute atomic E-state index is 0.0820. The molecule has 0 amide bonds. The summed E-state index contributed by atoms with van der Waals surface area (Å²) in [5, 5.41) is 11.1. The van der Waals surface area contributed by atoms with Gasteiger partial charge in [-0.2, -0.15) is 0 Å². The number of aliphatic hydroxyl groups is 1. The van der Waals surface area contributed by atoms with E-state index in [1.807, 2.05) is 0 Å². The molecular formula is C30H50O3. The van der Waals surface area contributed by atoms with E-state index in [1.165, 1.54) is 32.1 Å². The Bertz CT molecular complexity index is 763. The molecule has 0 heterocycles. The fraction of sp³-hybridized carbons (Fsp3) is 0.900. The van der Waals surface area contributed by atoms with Crippen LogP contribution in [0.5, 0.6) is 0 Å². The molecule has 4 rings (SSSR count). The van der Waals surface area contributed by atoms with Crippen LogP contribution in [0.4, 0.5) is 0 Å². The van der Waals surface area contributed by atoms with Crippen molar-refractivity contribution in [3.8, 4) is 0 Å². The van der Waals surface area contributed by atoms with Gasteiger partial charge in [0.1, 0.15) is 6.10 Å². The molecule has 0 aliphatic heterocycles. The van der Waals surface area contributed by atoms with Gasteiger partial charge in [-0.3, -0.25) is 4.79 Å². The van der Waals surface area contributed by atoms with Crippen molar-refractivity contribution in [1.29, 1.82) is 0 Å². The van der Waals surface area contributed by atoms with Gasteiger partial charge in [0.15, 0.2) is 0 Å². The van der Waals surface area contributed by atoms with E-state index in [0.29, 0.717) is 17.3 Å². The highest BCUT2D eigenvalue weighted by Gasteiger charge is 2.59. The van der Waals surface area contributed by atoms with Gasteiger partial charge in [-0.15, -0.1) is 0 Å². The van der Waals surface area contributed by atoms with Gasteiger partial charge in [-0.25, -0.2) is 0 Å². The largest absolute Gasteiger partial charge is 0.462 e. The van der Waals surface area contributed by atoms with Gasteiger partial charge in [-0.1, -0.05) is 53.2 Å². The first kappa shape index (κ1) is 25.3. The smallest absolute Gasteiger partial charge is 0.302 e. The summed E-state index contributed by atoms with van der Waals surface area (Å²) in [5.74, 6) is 3.25. The average Bonchev–Trinajstić information content (AvgIpc) is 3.08. The number of aliphatic hydroxyl groups excluding tert-OH is 1. The first-order valence-corrected chi connectivity index (χ1v) is 13.9. The second-order valence-electron chi connectivity index (χ2n) is 14.0. The standard InChI is InChI=1S/C30H50O3/c1-19(27(32)14-15-28(3,4)5)24-10-11-25-23-9-8-21-18-22(33-20(2)31)12-16-29(21,6)26(23)13-17-30(24,25)7/h8,19,22-27,32H,9-18H2,1-7H3/t19-,22-,23-,24+,25-,26-,27?,29-,30+/m0/s1. The number of fused-ring (bicyclic) bond motifs is 5. The third-order valence-corrected chi connectivity index (χ3v) is 10.9. The minimum atomic E-state index is -0.172. The predicted octanol–water partition coefficient (Wildman–Crippen LogP) is 7.32. The molecule has 1 unspecified atom stereocenters. The Kier molecular flexibility index (Phi) is 6.89. The van der Waals surface area contributed by atoms with Gasteiger partial charge >= 0.3 is 5.97 Å². The van der Waals surface area contributed by atoms with E-state index in [-0.39, 0.29) is 29.0 Å². The van der Waals surface area contributed by atoms with Crippen molar-refractivity contribution in [2.75, 3.05) is 0 Å². The Morgan fingerprint density at radius 3 is 2.55 bits per heavy atom. The van der Waals surface area contributed by atoms with Crippen LogP contribution in [0, 0.1) is 45.8 Å². The number of carbonyl (C=O) groups excluding carboxylic acids is 1. The van der Waals surface area contributed by atoms with Crippen molar-refractivity contribution in [3.63, 3.8) is 0 Å². The quantitative estimate of drug-likeness (QED) is 0.347. The Morgan fingerprint density at radius 1 is 1.15 bits per heavy atom. The lowest BCUT2D eigenvalue weighted by Gasteiger charge is -2.58. The summed E-state index contributed by atoms with van der Waals surface area (Å²) in [5.41, 5.74) is 2.53. The number of carbonyl (C=O) groups is 1. The summed E-state index contributed by atoms with van der Waals surface area (Å²) in [4.78, 5) is 11.5. The minimum Gasteiger partial charge on any atom is -0.462 e. The van der Waals surface area contributed by atoms with Crippen molar-refractivity contribution in [2.45, 2.75) is 125 Å². The van der Waals surface area contributed by atoms with Crippen molar-refractivity contribution >= 4 is 5.97 Å². The number of rotatable bonds is 5. The van der Waals surface area contributed by atoms with E-state index < -0.39 is 0 Å². The Morgan fingerprint density at radius 2 is 1.88 bits per heavy atom. The SMILES string of the molecule is CC(=O)O[C@H]1CC[C@@]2(C)C(=CC[C@H]3[C@@H]4CC[C@H]([C@H](C)C(O)CCC(C)(C)C)[C@@]4(C)CC[C@@H]32)C1. The molecule has 9 atom stereocenters. The molecule has 0 spiro atoms. The van der Waals surface area contributed by atoms with Crippen LogP contribution in [-0.4, -0.2) is 23.3 Å². The Hall–Kier alpha value is -0.830. The molecule has 1 N–H and O–H groups in total. The topological polar surface area (TPSA) is 46.5 Å². The molecule has 0 aromatic rings.